The fraction of sp³-hybridized carbons (Fsp3) is 0.276. The summed E-state index contributed by atoms with van der Waals surface area (Å²) in [6.45, 7) is 1.91. The Morgan fingerprint density at radius 2 is 1.85 bits per heavy atom. The molecule has 0 saturated heterocycles. The molecule has 0 fully saturated rings. The summed E-state index contributed by atoms with van der Waals surface area (Å²) in [5.41, 5.74) is 5.34. The molecule has 0 saturated carbocycles. The van der Waals surface area contributed by atoms with E-state index in [0.29, 0.717) is 46.9 Å². The summed E-state index contributed by atoms with van der Waals surface area (Å²) in [5, 5.41) is 16.2. The van der Waals surface area contributed by atoms with Gasteiger partial charge >= 0.3 is 0 Å². The maximum absolute atomic E-state index is 13.7. The molecule has 1 amide bonds. The standard InChI is InChI=1S/C29H28ClN9O2/c1-17-5-4-6-26(23-11-18(9-10-31-23)28-24(34-29(17)41)14-33-38(28)3)39-16-32-22(13-27(39)40)21-12-19(30)7-8-20(21)25-15-37(2)36-35-25/h7-17,26H,4-6H2,1-3H3,(H,34,41). The van der Waals surface area contributed by atoms with Gasteiger partial charge in [0.2, 0.25) is 5.91 Å². The molecule has 1 aliphatic rings. The van der Waals surface area contributed by atoms with E-state index in [1.165, 1.54) is 6.07 Å². The van der Waals surface area contributed by atoms with Gasteiger partial charge in [-0.3, -0.25) is 28.5 Å². The van der Waals surface area contributed by atoms with Gasteiger partial charge in [0.1, 0.15) is 5.69 Å². The molecule has 2 bridgehead atoms. The van der Waals surface area contributed by atoms with E-state index in [1.54, 1.807) is 58.0 Å². The predicted molar refractivity (Wildman–Crippen MR) is 155 cm³/mol. The molecule has 12 heteroatoms. The molecular weight excluding hydrogens is 542 g/mol. The number of carbonyl (C=O) groups excluding carboxylic acids is 1. The number of hydrogen-bond acceptors (Lipinski definition) is 7. The maximum atomic E-state index is 13.7. The number of nitrogens with zero attached hydrogens (tertiary/aromatic N) is 8. The topological polar surface area (TPSA) is 125 Å². The SMILES string of the molecule is CC1CCCC(n2cnc(-c3cc(Cl)ccc3-c3cn(C)nn3)cc2=O)c2cc(ccn2)-c2c(cnn2C)NC1=O. The van der Waals surface area contributed by atoms with E-state index in [4.69, 9.17) is 16.6 Å². The van der Waals surface area contributed by atoms with E-state index >= 15 is 0 Å². The molecule has 2 atom stereocenters. The first kappa shape index (κ1) is 26.6. The van der Waals surface area contributed by atoms with E-state index in [2.05, 4.69) is 25.7 Å². The maximum Gasteiger partial charge on any atom is 0.254 e. The number of hydrogen-bond donors (Lipinski definition) is 1. The first-order valence-electron chi connectivity index (χ1n) is 13.3. The van der Waals surface area contributed by atoms with Crippen molar-refractivity contribution in [3.63, 3.8) is 0 Å². The van der Waals surface area contributed by atoms with E-state index in [1.807, 2.05) is 32.2 Å². The van der Waals surface area contributed by atoms with Crippen LogP contribution in [-0.2, 0) is 18.9 Å². The van der Waals surface area contributed by atoms with Gasteiger partial charge in [-0.1, -0.05) is 36.2 Å². The van der Waals surface area contributed by atoms with Crippen molar-refractivity contribution in [1.82, 2.24) is 39.3 Å². The molecule has 2 unspecified atom stereocenters. The second-order valence-electron chi connectivity index (χ2n) is 10.3. The summed E-state index contributed by atoms with van der Waals surface area (Å²) < 4.78 is 4.95. The van der Waals surface area contributed by atoms with Gasteiger partial charge < -0.3 is 5.32 Å². The Kier molecular flexibility index (Phi) is 6.96. The zero-order valence-corrected chi connectivity index (χ0v) is 23.6. The summed E-state index contributed by atoms with van der Waals surface area (Å²) in [7, 11) is 3.62. The molecule has 1 aromatic carbocycles. The third-order valence-electron chi connectivity index (χ3n) is 7.46. The first-order chi connectivity index (χ1) is 19.8. The summed E-state index contributed by atoms with van der Waals surface area (Å²) in [6, 6.07) is 10.4. The zero-order chi connectivity index (χ0) is 28.7. The Balaban J connectivity index is 1.44. The fourth-order valence-electron chi connectivity index (χ4n) is 5.30. The van der Waals surface area contributed by atoms with Crippen LogP contribution in [0, 0.1) is 5.92 Å². The van der Waals surface area contributed by atoms with Crippen molar-refractivity contribution in [1.29, 1.82) is 0 Å². The van der Waals surface area contributed by atoms with Crippen LogP contribution >= 0.6 is 11.6 Å². The highest BCUT2D eigenvalue weighted by Gasteiger charge is 2.24. The largest absolute Gasteiger partial charge is 0.323 e. The van der Waals surface area contributed by atoms with Crippen LogP contribution in [0.15, 0.2) is 66.1 Å². The van der Waals surface area contributed by atoms with Crippen LogP contribution in [0.5, 0.6) is 0 Å². The van der Waals surface area contributed by atoms with Crippen molar-refractivity contribution in [3.05, 3.63) is 82.4 Å². The number of rotatable bonds is 3. The molecule has 0 radical (unpaired) electrons. The minimum Gasteiger partial charge on any atom is -0.323 e. The number of benzene rings is 1. The minimum atomic E-state index is -0.380. The lowest BCUT2D eigenvalue weighted by Gasteiger charge is -2.22. The van der Waals surface area contributed by atoms with Gasteiger partial charge in [-0.05, 0) is 37.1 Å². The van der Waals surface area contributed by atoms with Crippen molar-refractivity contribution < 1.29 is 4.79 Å². The number of aryl methyl sites for hydroxylation is 2. The Morgan fingerprint density at radius 1 is 1.00 bits per heavy atom. The molecule has 41 heavy (non-hydrogen) atoms. The van der Waals surface area contributed by atoms with Crippen molar-refractivity contribution in [2.45, 2.75) is 32.2 Å². The molecule has 4 aromatic heterocycles. The monoisotopic (exact) mass is 569 g/mol. The number of pyridine rings is 1. The number of halogens is 1. The van der Waals surface area contributed by atoms with E-state index in [0.717, 1.165) is 22.5 Å². The average molecular weight is 570 g/mol. The molecule has 11 nitrogen and oxygen atoms in total. The molecule has 1 N–H and O–H groups in total. The van der Waals surface area contributed by atoms with E-state index in [-0.39, 0.29) is 23.4 Å². The Labute approximate surface area is 240 Å². The van der Waals surface area contributed by atoms with Crippen LogP contribution in [0.25, 0.3) is 33.8 Å². The third-order valence-corrected chi connectivity index (χ3v) is 7.70. The molecule has 6 rings (SSSR count). The van der Waals surface area contributed by atoms with E-state index in [9.17, 15) is 9.59 Å². The number of anilines is 1. The lowest BCUT2D eigenvalue weighted by Crippen LogP contribution is -2.27. The van der Waals surface area contributed by atoms with Gasteiger partial charge in [0.05, 0.1) is 47.5 Å². The zero-order valence-electron chi connectivity index (χ0n) is 22.8. The Morgan fingerprint density at radius 3 is 2.63 bits per heavy atom. The number of carbonyl (C=O) groups is 1. The van der Waals surface area contributed by atoms with Gasteiger partial charge in [-0.15, -0.1) is 5.10 Å². The van der Waals surface area contributed by atoms with Crippen LogP contribution in [-0.4, -0.2) is 45.2 Å². The summed E-state index contributed by atoms with van der Waals surface area (Å²) in [6.07, 6.45) is 8.71. The van der Waals surface area contributed by atoms with Crippen LogP contribution in [0.1, 0.15) is 37.9 Å². The Hall–Kier alpha value is -4.64. The van der Waals surface area contributed by atoms with Gasteiger partial charge in [-0.25, -0.2) is 4.98 Å². The van der Waals surface area contributed by atoms with Crippen LogP contribution < -0.4 is 10.9 Å². The summed E-state index contributed by atoms with van der Waals surface area (Å²) in [5.74, 6) is -0.275. The van der Waals surface area contributed by atoms with Crippen LogP contribution in [0.2, 0.25) is 5.02 Å². The minimum absolute atomic E-state index is 0.0609. The molecule has 5 aromatic rings. The summed E-state index contributed by atoms with van der Waals surface area (Å²) >= 11 is 6.34. The van der Waals surface area contributed by atoms with Gasteiger partial charge in [0.25, 0.3) is 5.56 Å². The van der Waals surface area contributed by atoms with Gasteiger partial charge in [0.15, 0.2) is 0 Å². The van der Waals surface area contributed by atoms with Gasteiger partial charge in [0, 0.05) is 54.0 Å². The van der Waals surface area contributed by atoms with Crippen molar-refractivity contribution >= 4 is 23.2 Å². The van der Waals surface area contributed by atoms with Crippen molar-refractivity contribution in [2.24, 2.45) is 20.0 Å². The predicted octanol–water partition coefficient (Wildman–Crippen LogP) is 4.50. The smallest absolute Gasteiger partial charge is 0.254 e. The van der Waals surface area contributed by atoms with Gasteiger partial charge in [-0.2, -0.15) is 5.10 Å². The molecular formula is C29H28ClN9O2. The average Bonchev–Trinajstić information content (AvgIpc) is 3.55. The number of fused-ring (bicyclic) bond motifs is 4. The lowest BCUT2D eigenvalue weighted by atomic mass is 9.97. The molecule has 208 valence electrons. The third kappa shape index (κ3) is 5.16. The van der Waals surface area contributed by atoms with E-state index < -0.39 is 0 Å². The second-order valence-corrected chi connectivity index (χ2v) is 10.8. The molecule has 5 heterocycles. The highest BCUT2D eigenvalue weighted by molar-refractivity contribution is 6.31. The lowest BCUT2D eigenvalue weighted by molar-refractivity contribution is -0.119. The molecule has 1 aliphatic heterocycles. The normalized spacial score (nSPS) is 17.3. The number of amides is 1. The highest BCUT2D eigenvalue weighted by atomic mass is 35.5. The highest BCUT2D eigenvalue weighted by Crippen LogP contribution is 2.34. The molecule has 0 aliphatic carbocycles. The second kappa shape index (κ2) is 10.7. The molecule has 0 spiro atoms. The quantitative estimate of drug-likeness (QED) is 0.339. The van der Waals surface area contributed by atoms with Crippen LogP contribution in [0.4, 0.5) is 5.69 Å². The first-order valence-corrected chi connectivity index (χ1v) is 13.7. The number of nitrogens with one attached hydrogen (secondary N) is 1. The summed E-state index contributed by atoms with van der Waals surface area (Å²) in [4.78, 5) is 36.0. The van der Waals surface area contributed by atoms with Crippen molar-refractivity contribution in [2.75, 3.05) is 5.32 Å². The van der Waals surface area contributed by atoms with Crippen molar-refractivity contribution in [3.8, 4) is 33.8 Å². The van der Waals surface area contributed by atoms with Crippen LogP contribution in [0.3, 0.4) is 0 Å². The Bertz CT molecular complexity index is 1820. The number of aromatic nitrogens is 8. The fourth-order valence-corrected chi connectivity index (χ4v) is 5.47.